The van der Waals surface area contributed by atoms with Crippen LogP contribution in [0.1, 0.15) is 12.5 Å². The van der Waals surface area contributed by atoms with Crippen molar-refractivity contribution in [3.8, 4) is 11.5 Å². The first kappa shape index (κ1) is 19.6. The molecule has 0 bridgehead atoms. The quantitative estimate of drug-likeness (QED) is 0.410. The van der Waals surface area contributed by atoms with Crippen molar-refractivity contribution in [3.63, 3.8) is 0 Å². The number of nitrogens with one attached hydrogen (secondary N) is 2. The predicted molar refractivity (Wildman–Crippen MR) is 105 cm³/mol. The number of aliphatic imine (C=N–C) groups is 1. The monoisotopic (exact) mass is 357 g/mol. The zero-order valence-corrected chi connectivity index (χ0v) is 15.6. The fourth-order valence-electron chi connectivity index (χ4n) is 2.34. The van der Waals surface area contributed by atoms with Gasteiger partial charge in [0.2, 0.25) is 0 Å². The van der Waals surface area contributed by atoms with Gasteiger partial charge in [0, 0.05) is 25.3 Å². The lowest BCUT2D eigenvalue weighted by Crippen LogP contribution is -2.33. The molecule has 140 valence electrons. The summed E-state index contributed by atoms with van der Waals surface area (Å²) >= 11 is 0. The number of hydrogen-bond donors (Lipinski definition) is 2. The summed E-state index contributed by atoms with van der Waals surface area (Å²) in [6, 6.07) is 15.8. The largest absolute Gasteiger partial charge is 0.493 e. The summed E-state index contributed by atoms with van der Waals surface area (Å²) in [7, 11) is 3.36. The molecule has 2 aromatic carbocycles. The highest BCUT2D eigenvalue weighted by molar-refractivity contribution is 5.93. The van der Waals surface area contributed by atoms with Crippen LogP contribution in [0.15, 0.2) is 53.5 Å². The Kier molecular flexibility index (Phi) is 8.29. The van der Waals surface area contributed by atoms with Crippen molar-refractivity contribution in [3.05, 3.63) is 54.1 Å². The molecule has 6 nitrogen and oxygen atoms in total. The van der Waals surface area contributed by atoms with E-state index in [1.54, 1.807) is 14.2 Å². The van der Waals surface area contributed by atoms with Crippen molar-refractivity contribution in [1.29, 1.82) is 0 Å². The molecular formula is C20H27N3O3. The van der Waals surface area contributed by atoms with Crippen LogP contribution in [0.25, 0.3) is 0 Å². The van der Waals surface area contributed by atoms with E-state index in [1.165, 1.54) is 0 Å². The summed E-state index contributed by atoms with van der Waals surface area (Å²) in [5.41, 5.74) is 2.03. The van der Waals surface area contributed by atoms with Crippen LogP contribution in [0.5, 0.6) is 11.5 Å². The van der Waals surface area contributed by atoms with Crippen LogP contribution in [0.4, 0.5) is 5.69 Å². The molecule has 2 rings (SSSR count). The number of methoxy groups -OCH3 is 1. The maximum Gasteiger partial charge on any atom is 0.195 e. The summed E-state index contributed by atoms with van der Waals surface area (Å²) in [6.07, 6.45) is 0. The average molecular weight is 357 g/mol. The molecule has 0 spiro atoms. The first-order valence-corrected chi connectivity index (χ1v) is 8.67. The molecule has 2 N–H and O–H groups in total. The van der Waals surface area contributed by atoms with E-state index in [1.807, 2.05) is 55.5 Å². The van der Waals surface area contributed by atoms with Gasteiger partial charge in [-0.05, 0) is 24.6 Å². The molecule has 0 radical (unpaired) electrons. The topological polar surface area (TPSA) is 64.1 Å². The third-order valence-corrected chi connectivity index (χ3v) is 3.60. The lowest BCUT2D eigenvalue weighted by Gasteiger charge is -2.14. The summed E-state index contributed by atoms with van der Waals surface area (Å²) in [4.78, 5) is 4.22. The van der Waals surface area contributed by atoms with Gasteiger partial charge in [-0.3, -0.25) is 4.99 Å². The highest BCUT2D eigenvalue weighted by Crippen LogP contribution is 2.30. The summed E-state index contributed by atoms with van der Waals surface area (Å²) in [6.45, 7) is 4.36. The Morgan fingerprint density at radius 3 is 2.58 bits per heavy atom. The normalized spacial score (nSPS) is 11.1. The molecule has 0 atom stereocenters. The van der Waals surface area contributed by atoms with Crippen LogP contribution in [0.3, 0.4) is 0 Å². The predicted octanol–water partition coefficient (Wildman–Crippen LogP) is 3.30. The average Bonchev–Trinajstić information content (AvgIpc) is 2.68. The molecule has 0 aliphatic carbocycles. The van der Waals surface area contributed by atoms with Gasteiger partial charge in [-0.2, -0.15) is 0 Å². The number of guanidine groups is 1. The number of nitrogens with zero attached hydrogens (tertiary/aromatic N) is 1. The number of hydrogen-bond acceptors (Lipinski definition) is 4. The minimum atomic E-state index is 0.575. The highest BCUT2D eigenvalue weighted by atomic mass is 16.5. The molecule has 26 heavy (non-hydrogen) atoms. The molecule has 0 unspecified atom stereocenters. The van der Waals surface area contributed by atoms with Crippen molar-refractivity contribution in [2.45, 2.75) is 13.5 Å². The Morgan fingerprint density at radius 2 is 1.88 bits per heavy atom. The van der Waals surface area contributed by atoms with Gasteiger partial charge in [0.25, 0.3) is 0 Å². The number of anilines is 1. The minimum absolute atomic E-state index is 0.575. The van der Waals surface area contributed by atoms with Crippen molar-refractivity contribution in [2.75, 3.05) is 39.2 Å². The fourth-order valence-corrected chi connectivity index (χ4v) is 2.34. The molecule has 0 saturated heterocycles. The number of benzene rings is 2. The van der Waals surface area contributed by atoms with E-state index in [-0.39, 0.29) is 0 Å². The Morgan fingerprint density at radius 1 is 1.08 bits per heavy atom. The van der Waals surface area contributed by atoms with Gasteiger partial charge in [-0.1, -0.05) is 30.3 Å². The maximum absolute atomic E-state index is 5.66. The van der Waals surface area contributed by atoms with E-state index in [9.17, 15) is 0 Å². The van der Waals surface area contributed by atoms with E-state index in [4.69, 9.17) is 14.2 Å². The molecule has 0 saturated carbocycles. The lowest BCUT2D eigenvalue weighted by atomic mass is 10.2. The smallest absolute Gasteiger partial charge is 0.195 e. The zero-order chi connectivity index (χ0) is 18.6. The lowest BCUT2D eigenvalue weighted by molar-refractivity contribution is 0.125. The van der Waals surface area contributed by atoms with Crippen molar-refractivity contribution in [2.24, 2.45) is 4.99 Å². The van der Waals surface area contributed by atoms with Crippen molar-refractivity contribution < 1.29 is 14.2 Å². The second-order valence-electron chi connectivity index (χ2n) is 5.46. The molecule has 0 aromatic heterocycles. The molecular weight excluding hydrogens is 330 g/mol. The van der Waals surface area contributed by atoms with Crippen molar-refractivity contribution >= 4 is 11.6 Å². The fraction of sp³-hybridized carbons (Fsp3) is 0.350. The highest BCUT2D eigenvalue weighted by Gasteiger charge is 2.06. The molecule has 2 aromatic rings. The Labute approximate surface area is 155 Å². The summed E-state index contributed by atoms with van der Waals surface area (Å²) < 4.78 is 16.6. The van der Waals surface area contributed by atoms with Gasteiger partial charge < -0.3 is 24.8 Å². The van der Waals surface area contributed by atoms with Gasteiger partial charge in [-0.25, -0.2) is 0 Å². The Balaban J connectivity index is 1.79. The third kappa shape index (κ3) is 6.29. The molecule has 0 aliphatic rings. The first-order valence-electron chi connectivity index (χ1n) is 8.67. The number of rotatable bonds is 9. The molecule has 6 heteroatoms. The molecule has 0 fully saturated rings. The van der Waals surface area contributed by atoms with Crippen LogP contribution in [-0.2, 0) is 11.3 Å². The van der Waals surface area contributed by atoms with E-state index < -0.39 is 0 Å². The van der Waals surface area contributed by atoms with Crippen LogP contribution >= 0.6 is 0 Å². The Hall–Kier alpha value is -2.73. The van der Waals surface area contributed by atoms with Gasteiger partial charge in [-0.15, -0.1) is 0 Å². The van der Waals surface area contributed by atoms with Crippen molar-refractivity contribution in [1.82, 2.24) is 5.32 Å². The molecule has 0 aliphatic heterocycles. The third-order valence-electron chi connectivity index (χ3n) is 3.60. The zero-order valence-electron chi connectivity index (χ0n) is 15.6. The summed E-state index contributed by atoms with van der Waals surface area (Å²) in [5.74, 6) is 2.07. The maximum atomic E-state index is 5.66. The van der Waals surface area contributed by atoms with E-state index in [0.717, 1.165) is 11.3 Å². The number of ether oxygens (including phenoxy) is 3. The standard InChI is InChI=1S/C20H27N3O3/c1-4-26-19-14-17(10-11-18(19)24-3)23-20(21-2)22-12-13-25-15-16-8-6-5-7-9-16/h5-11,14H,4,12-13,15H2,1-3H3,(H2,21,22,23). The van der Waals surface area contributed by atoms with Gasteiger partial charge in [0.15, 0.2) is 17.5 Å². The first-order chi connectivity index (χ1) is 12.8. The van der Waals surface area contributed by atoms with E-state index in [0.29, 0.717) is 43.8 Å². The van der Waals surface area contributed by atoms with Gasteiger partial charge in [0.05, 0.1) is 26.9 Å². The van der Waals surface area contributed by atoms with E-state index >= 15 is 0 Å². The second-order valence-corrected chi connectivity index (χ2v) is 5.46. The molecule has 0 amide bonds. The van der Waals surface area contributed by atoms with Crippen LogP contribution in [0, 0.1) is 0 Å². The Bertz CT molecular complexity index is 690. The van der Waals surface area contributed by atoms with Gasteiger partial charge in [0.1, 0.15) is 0 Å². The van der Waals surface area contributed by atoms with Crippen LogP contribution in [-0.4, -0.2) is 39.9 Å². The summed E-state index contributed by atoms with van der Waals surface area (Å²) in [5, 5.41) is 6.46. The van der Waals surface area contributed by atoms with Crippen LogP contribution < -0.4 is 20.1 Å². The van der Waals surface area contributed by atoms with Crippen LogP contribution in [0.2, 0.25) is 0 Å². The second kappa shape index (κ2) is 11.0. The molecule has 0 heterocycles. The minimum Gasteiger partial charge on any atom is -0.493 e. The SMILES string of the molecule is CCOc1cc(NC(=NC)NCCOCc2ccccc2)ccc1OC. The van der Waals surface area contributed by atoms with E-state index in [2.05, 4.69) is 15.6 Å². The van der Waals surface area contributed by atoms with Gasteiger partial charge >= 0.3 is 0 Å².